The normalized spacial score (nSPS) is 16.6. The predicted molar refractivity (Wildman–Crippen MR) is 65.8 cm³/mol. The van der Waals surface area contributed by atoms with Crippen LogP contribution in [0.5, 0.6) is 5.75 Å². The van der Waals surface area contributed by atoms with E-state index < -0.39 is 0 Å². The van der Waals surface area contributed by atoms with Gasteiger partial charge in [-0.2, -0.15) is 0 Å². The van der Waals surface area contributed by atoms with E-state index in [0.717, 1.165) is 12.8 Å². The fraction of sp³-hybridized carbons (Fsp3) is 0.462. The summed E-state index contributed by atoms with van der Waals surface area (Å²) in [7, 11) is 1.78. The van der Waals surface area contributed by atoms with Crippen LogP contribution in [0.4, 0.5) is 0 Å². The Bertz CT molecular complexity index is 416. The van der Waals surface area contributed by atoms with E-state index in [9.17, 15) is 9.90 Å². The number of phenolic OH excluding ortho intramolecular Hbond substituents is 1. The highest BCUT2D eigenvalue weighted by atomic mass is 16.3. The molecule has 4 heteroatoms. The summed E-state index contributed by atoms with van der Waals surface area (Å²) in [6, 6.07) is 6.53. The number of likely N-dealkylation sites (N-methyl/N-ethyl adjacent to an activating group) is 1. The second kappa shape index (κ2) is 4.75. The number of phenols is 1. The van der Waals surface area contributed by atoms with Crippen molar-refractivity contribution in [1.29, 1.82) is 0 Å². The van der Waals surface area contributed by atoms with Crippen molar-refractivity contribution in [1.82, 2.24) is 4.90 Å². The highest BCUT2D eigenvalue weighted by molar-refractivity contribution is 5.94. The average molecular weight is 234 g/mol. The number of carbonyl (C=O) groups is 1. The van der Waals surface area contributed by atoms with E-state index in [-0.39, 0.29) is 17.7 Å². The Labute approximate surface area is 101 Å². The van der Waals surface area contributed by atoms with Crippen LogP contribution in [0.1, 0.15) is 23.2 Å². The number of hydrogen-bond acceptors (Lipinski definition) is 3. The first-order chi connectivity index (χ1) is 8.13. The van der Waals surface area contributed by atoms with Gasteiger partial charge in [0.05, 0.1) is 0 Å². The second-order valence-corrected chi connectivity index (χ2v) is 4.61. The summed E-state index contributed by atoms with van der Waals surface area (Å²) < 4.78 is 0. The van der Waals surface area contributed by atoms with Crippen molar-refractivity contribution in [2.45, 2.75) is 18.9 Å². The molecule has 92 valence electrons. The molecule has 1 aromatic carbocycles. The monoisotopic (exact) mass is 234 g/mol. The highest BCUT2D eigenvalue weighted by Crippen LogP contribution is 2.35. The van der Waals surface area contributed by atoms with Crippen LogP contribution in [-0.2, 0) is 0 Å². The predicted octanol–water partition coefficient (Wildman–Crippen LogP) is 1.20. The zero-order valence-corrected chi connectivity index (χ0v) is 9.97. The van der Waals surface area contributed by atoms with Gasteiger partial charge in [0.2, 0.25) is 0 Å². The molecule has 17 heavy (non-hydrogen) atoms. The Kier molecular flexibility index (Phi) is 3.33. The third-order valence-electron chi connectivity index (χ3n) is 3.32. The number of carbonyl (C=O) groups excluding carboxylic acids is 1. The van der Waals surface area contributed by atoms with Crippen LogP contribution in [0.2, 0.25) is 0 Å². The molecule has 4 nitrogen and oxygen atoms in total. The number of amides is 1. The molecule has 0 aromatic heterocycles. The fourth-order valence-corrected chi connectivity index (χ4v) is 2.14. The lowest BCUT2D eigenvalue weighted by molar-refractivity contribution is 0.0718. The van der Waals surface area contributed by atoms with Crippen LogP contribution in [0.3, 0.4) is 0 Å². The molecule has 2 rings (SSSR count). The van der Waals surface area contributed by atoms with E-state index in [1.165, 1.54) is 6.07 Å². The van der Waals surface area contributed by atoms with Crippen molar-refractivity contribution in [2.75, 3.05) is 13.6 Å². The van der Waals surface area contributed by atoms with Crippen molar-refractivity contribution in [3.05, 3.63) is 29.8 Å². The quantitative estimate of drug-likeness (QED) is 0.822. The second-order valence-electron chi connectivity index (χ2n) is 4.61. The van der Waals surface area contributed by atoms with Gasteiger partial charge in [0.15, 0.2) is 0 Å². The van der Waals surface area contributed by atoms with Gasteiger partial charge >= 0.3 is 0 Å². The molecular formula is C13H18N2O2. The van der Waals surface area contributed by atoms with Gasteiger partial charge in [-0.1, -0.05) is 6.07 Å². The van der Waals surface area contributed by atoms with Crippen LogP contribution < -0.4 is 5.73 Å². The van der Waals surface area contributed by atoms with E-state index in [0.29, 0.717) is 18.0 Å². The van der Waals surface area contributed by atoms with Crippen molar-refractivity contribution in [3.8, 4) is 5.75 Å². The molecule has 1 saturated carbocycles. The van der Waals surface area contributed by atoms with Crippen molar-refractivity contribution in [2.24, 2.45) is 11.7 Å². The number of rotatable bonds is 4. The van der Waals surface area contributed by atoms with Crippen LogP contribution in [-0.4, -0.2) is 35.5 Å². The van der Waals surface area contributed by atoms with Crippen LogP contribution >= 0.6 is 0 Å². The average Bonchev–Trinajstić information content (AvgIpc) is 3.13. The van der Waals surface area contributed by atoms with Crippen LogP contribution in [0, 0.1) is 5.92 Å². The molecule has 1 aromatic rings. The molecular weight excluding hydrogens is 216 g/mol. The molecule has 0 heterocycles. The molecule has 0 radical (unpaired) electrons. The van der Waals surface area contributed by atoms with E-state index in [1.807, 2.05) is 0 Å². The lowest BCUT2D eigenvalue weighted by atomic mass is 10.1. The number of aromatic hydroxyl groups is 1. The molecule has 1 aliphatic carbocycles. The summed E-state index contributed by atoms with van der Waals surface area (Å²) in [4.78, 5) is 13.9. The van der Waals surface area contributed by atoms with Crippen LogP contribution in [0.25, 0.3) is 0 Å². The van der Waals surface area contributed by atoms with Gasteiger partial charge in [0.25, 0.3) is 5.91 Å². The standard InChI is InChI=1S/C13H18N2O2/c1-15(12(8-14)9-5-6-9)13(17)10-3-2-4-11(16)7-10/h2-4,7,9,12,16H,5-6,8,14H2,1H3. The van der Waals surface area contributed by atoms with Crippen molar-refractivity contribution >= 4 is 5.91 Å². The fourth-order valence-electron chi connectivity index (χ4n) is 2.14. The summed E-state index contributed by atoms with van der Waals surface area (Å²) in [5.74, 6) is 0.578. The number of nitrogens with two attached hydrogens (primary N) is 1. The Hall–Kier alpha value is -1.55. The maximum atomic E-state index is 12.2. The summed E-state index contributed by atoms with van der Waals surface area (Å²) in [5, 5.41) is 9.37. The molecule has 1 aliphatic rings. The molecule has 0 aliphatic heterocycles. The third-order valence-corrected chi connectivity index (χ3v) is 3.32. The molecule has 0 spiro atoms. The van der Waals surface area contributed by atoms with E-state index in [4.69, 9.17) is 5.73 Å². The summed E-state index contributed by atoms with van der Waals surface area (Å²) in [6.07, 6.45) is 2.30. The van der Waals surface area contributed by atoms with Crippen LogP contribution in [0.15, 0.2) is 24.3 Å². The molecule has 0 saturated heterocycles. The van der Waals surface area contributed by atoms with Gasteiger partial charge in [0, 0.05) is 25.2 Å². The molecule has 1 amide bonds. The summed E-state index contributed by atoms with van der Waals surface area (Å²) >= 11 is 0. The highest BCUT2D eigenvalue weighted by Gasteiger charge is 2.34. The maximum absolute atomic E-state index is 12.2. The van der Waals surface area contributed by atoms with Crippen molar-refractivity contribution in [3.63, 3.8) is 0 Å². The zero-order chi connectivity index (χ0) is 12.4. The number of hydrogen-bond donors (Lipinski definition) is 2. The summed E-state index contributed by atoms with van der Waals surface area (Å²) in [6.45, 7) is 0.492. The first-order valence-corrected chi connectivity index (χ1v) is 5.89. The van der Waals surface area contributed by atoms with E-state index >= 15 is 0 Å². The van der Waals surface area contributed by atoms with E-state index in [2.05, 4.69) is 0 Å². The van der Waals surface area contributed by atoms with Gasteiger partial charge in [-0.25, -0.2) is 0 Å². The SMILES string of the molecule is CN(C(=O)c1cccc(O)c1)C(CN)C1CC1. The lowest BCUT2D eigenvalue weighted by Crippen LogP contribution is -2.43. The first-order valence-electron chi connectivity index (χ1n) is 5.89. The van der Waals surface area contributed by atoms with Gasteiger partial charge < -0.3 is 15.7 Å². The van der Waals surface area contributed by atoms with E-state index in [1.54, 1.807) is 30.1 Å². The Morgan fingerprint density at radius 2 is 2.29 bits per heavy atom. The Morgan fingerprint density at radius 1 is 1.59 bits per heavy atom. The Morgan fingerprint density at radius 3 is 2.82 bits per heavy atom. The minimum atomic E-state index is -0.0803. The van der Waals surface area contributed by atoms with Gasteiger partial charge in [-0.3, -0.25) is 4.79 Å². The van der Waals surface area contributed by atoms with Gasteiger partial charge in [-0.15, -0.1) is 0 Å². The molecule has 1 atom stereocenters. The van der Waals surface area contributed by atoms with Crippen molar-refractivity contribution < 1.29 is 9.90 Å². The number of benzene rings is 1. The minimum Gasteiger partial charge on any atom is -0.508 e. The lowest BCUT2D eigenvalue weighted by Gasteiger charge is -2.27. The van der Waals surface area contributed by atoms with Gasteiger partial charge in [-0.05, 0) is 37.0 Å². The van der Waals surface area contributed by atoms with Gasteiger partial charge in [0.1, 0.15) is 5.75 Å². The third kappa shape index (κ3) is 2.58. The maximum Gasteiger partial charge on any atom is 0.254 e. The Balaban J connectivity index is 2.13. The number of nitrogens with zero attached hydrogens (tertiary/aromatic N) is 1. The molecule has 1 fully saturated rings. The largest absolute Gasteiger partial charge is 0.508 e. The first kappa shape index (κ1) is 11.9. The molecule has 0 bridgehead atoms. The smallest absolute Gasteiger partial charge is 0.254 e. The minimum absolute atomic E-state index is 0.0803. The zero-order valence-electron chi connectivity index (χ0n) is 9.97. The molecule has 3 N–H and O–H groups in total. The summed E-state index contributed by atoms with van der Waals surface area (Å²) in [5.41, 5.74) is 6.22. The molecule has 1 unspecified atom stereocenters. The topological polar surface area (TPSA) is 66.6 Å².